The van der Waals surface area contributed by atoms with Crippen LogP contribution in [0.15, 0.2) is 30.5 Å². The van der Waals surface area contributed by atoms with Crippen molar-refractivity contribution in [1.82, 2.24) is 0 Å². The first-order valence-corrected chi connectivity index (χ1v) is 4.23. The Balaban J connectivity index is 2.98. The van der Waals surface area contributed by atoms with Crippen molar-refractivity contribution in [2.45, 2.75) is 6.92 Å². The maximum Gasteiger partial charge on any atom is 0.168 e. The molecule has 0 saturated carbocycles. The average Bonchev–Trinajstić information content (AvgIpc) is 2.26. The lowest BCUT2D eigenvalue weighted by atomic mass is 10.2. The van der Waals surface area contributed by atoms with Crippen LogP contribution in [0.2, 0.25) is 0 Å². The number of aldehydes is 1. The number of rotatable bonds is 4. The zero-order valence-electron chi connectivity index (χ0n) is 8.19. The molecule has 0 atom stereocenters. The highest BCUT2D eigenvalue weighted by Gasteiger charge is 2.03. The van der Waals surface area contributed by atoms with Crippen LogP contribution in [-0.4, -0.2) is 13.4 Å². The summed E-state index contributed by atoms with van der Waals surface area (Å²) >= 11 is 0. The standard InChI is InChI=1S/C11H12O3/c1-3-6-14-10-5-4-9(8-12)7-11(10)13-2/h3-8H,1-2H3/b6-3-. The summed E-state index contributed by atoms with van der Waals surface area (Å²) in [5.74, 6) is 1.14. The fourth-order valence-corrected chi connectivity index (χ4v) is 0.996. The van der Waals surface area contributed by atoms with Gasteiger partial charge in [-0.25, -0.2) is 0 Å². The molecule has 0 heterocycles. The van der Waals surface area contributed by atoms with Gasteiger partial charge in [0.15, 0.2) is 11.5 Å². The summed E-state index contributed by atoms with van der Waals surface area (Å²) in [4.78, 5) is 10.5. The lowest BCUT2D eigenvalue weighted by Gasteiger charge is -2.07. The van der Waals surface area contributed by atoms with Gasteiger partial charge in [0.05, 0.1) is 13.4 Å². The number of methoxy groups -OCH3 is 1. The Bertz CT molecular complexity index is 342. The quantitative estimate of drug-likeness (QED) is 0.543. The zero-order chi connectivity index (χ0) is 10.4. The molecule has 0 aromatic heterocycles. The molecule has 0 bridgehead atoms. The van der Waals surface area contributed by atoms with Crippen LogP contribution in [0.3, 0.4) is 0 Å². The minimum Gasteiger partial charge on any atom is -0.493 e. The third-order valence-electron chi connectivity index (χ3n) is 1.65. The second-order valence-corrected chi connectivity index (χ2v) is 2.62. The largest absolute Gasteiger partial charge is 0.493 e. The molecule has 1 aromatic carbocycles. The van der Waals surface area contributed by atoms with Crippen LogP contribution in [-0.2, 0) is 0 Å². The molecule has 0 spiro atoms. The maximum absolute atomic E-state index is 10.5. The number of benzene rings is 1. The summed E-state index contributed by atoms with van der Waals surface area (Å²) in [5, 5.41) is 0. The van der Waals surface area contributed by atoms with Crippen LogP contribution in [0.4, 0.5) is 0 Å². The number of carbonyl (C=O) groups excluding carboxylic acids is 1. The maximum atomic E-state index is 10.5. The first-order chi connectivity index (χ1) is 6.81. The molecule has 3 heteroatoms. The van der Waals surface area contributed by atoms with E-state index < -0.39 is 0 Å². The van der Waals surface area contributed by atoms with Gasteiger partial charge in [0, 0.05) is 5.56 Å². The molecule has 0 saturated heterocycles. The highest BCUT2D eigenvalue weighted by Crippen LogP contribution is 2.27. The summed E-state index contributed by atoms with van der Waals surface area (Å²) in [6.45, 7) is 1.85. The molecule has 0 fully saturated rings. The van der Waals surface area contributed by atoms with Crippen molar-refractivity contribution < 1.29 is 14.3 Å². The number of hydrogen-bond donors (Lipinski definition) is 0. The minimum absolute atomic E-state index is 0.549. The molecule has 3 nitrogen and oxygen atoms in total. The van der Waals surface area contributed by atoms with Gasteiger partial charge < -0.3 is 9.47 Å². The molecule has 1 aromatic rings. The summed E-state index contributed by atoms with van der Waals surface area (Å²) in [5.41, 5.74) is 0.565. The Morgan fingerprint density at radius 1 is 1.29 bits per heavy atom. The van der Waals surface area contributed by atoms with Gasteiger partial charge in [0.2, 0.25) is 0 Å². The molecule has 0 radical (unpaired) electrons. The summed E-state index contributed by atoms with van der Waals surface area (Å²) in [6, 6.07) is 5.00. The van der Waals surface area contributed by atoms with Crippen molar-refractivity contribution in [1.29, 1.82) is 0 Å². The SMILES string of the molecule is C/C=C\Oc1ccc(C=O)cc1OC. The minimum atomic E-state index is 0.549. The highest BCUT2D eigenvalue weighted by molar-refractivity contribution is 5.76. The third-order valence-corrected chi connectivity index (χ3v) is 1.65. The first kappa shape index (κ1) is 10.3. The molecule has 0 aliphatic rings. The fourth-order valence-electron chi connectivity index (χ4n) is 0.996. The molecule has 14 heavy (non-hydrogen) atoms. The van der Waals surface area contributed by atoms with E-state index in [-0.39, 0.29) is 0 Å². The third kappa shape index (κ3) is 2.36. The van der Waals surface area contributed by atoms with E-state index in [4.69, 9.17) is 9.47 Å². The van der Waals surface area contributed by atoms with Crippen molar-refractivity contribution in [2.75, 3.05) is 7.11 Å². The van der Waals surface area contributed by atoms with Gasteiger partial charge in [-0.15, -0.1) is 0 Å². The lowest BCUT2D eigenvalue weighted by Crippen LogP contribution is -1.91. The molecule has 0 aliphatic carbocycles. The van der Waals surface area contributed by atoms with Gasteiger partial charge in [0.1, 0.15) is 6.29 Å². The summed E-state index contributed by atoms with van der Waals surface area (Å²) < 4.78 is 10.3. The van der Waals surface area contributed by atoms with Crippen molar-refractivity contribution in [3.63, 3.8) is 0 Å². The van der Waals surface area contributed by atoms with E-state index in [9.17, 15) is 4.79 Å². The fraction of sp³-hybridized carbons (Fsp3) is 0.182. The Morgan fingerprint density at radius 3 is 2.64 bits per heavy atom. The van der Waals surface area contributed by atoms with E-state index in [1.807, 2.05) is 6.92 Å². The number of carbonyl (C=O) groups is 1. The van der Waals surface area contributed by atoms with Crippen LogP contribution in [0.5, 0.6) is 11.5 Å². The zero-order valence-corrected chi connectivity index (χ0v) is 8.19. The van der Waals surface area contributed by atoms with Crippen LogP contribution >= 0.6 is 0 Å². The van der Waals surface area contributed by atoms with E-state index in [0.717, 1.165) is 6.29 Å². The lowest BCUT2D eigenvalue weighted by molar-refractivity contribution is 0.112. The van der Waals surface area contributed by atoms with Gasteiger partial charge in [-0.2, -0.15) is 0 Å². The summed E-state index contributed by atoms with van der Waals surface area (Å²) in [6.07, 6.45) is 4.09. The summed E-state index contributed by atoms with van der Waals surface area (Å²) in [7, 11) is 1.53. The van der Waals surface area contributed by atoms with Gasteiger partial charge in [-0.05, 0) is 25.1 Å². The molecular formula is C11H12O3. The van der Waals surface area contributed by atoms with Crippen molar-refractivity contribution in [2.24, 2.45) is 0 Å². The van der Waals surface area contributed by atoms with Gasteiger partial charge >= 0.3 is 0 Å². The van der Waals surface area contributed by atoms with Crippen LogP contribution < -0.4 is 9.47 Å². The predicted octanol–water partition coefficient (Wildman–Crippen LogP) is 2.42. The van der Waals surface area contributed by atoms with Gasteiger partial charge in [0.25, 0.3) is 0 Å². The molecule has 0 N–H and O–H groups in total. The normalized spacial score (nSPS) is 10.1. The molecule has 0 amide bonds. The van der Waals surface area contributed by atoms with Crippen LogP contribution in [0, 0.1) is 0 Å². The highest BCUT2D eigenvalue weighted by atomic mass is 16.5. The second-order valence-electron chi connectivity index (χ2n) is 2.62. The number of ether oxygens (including phenoxy) is 2. The van der Waals surface area contributed by atoms with Crippen molar-refractivity contribution in [3.05, 3.63) is 36.1 Å². The molecule has 1 rings (SSSR count). The molecular weight excluding hydrogens is 180 g/mol. The van der Waals surface area contributed by atoms with Gasteiger partial charge in [-0.1, -0.05) is 6.08 Å². The topological polar surface area (TPSA) is 35.5 Å². The van der Waals surface area contributed by atoms with E-state index in [2.05, 4.69) is 0 Å². The Hall–Kier alpha value is -1.77. The smallest absolute Gasteiger partial charge is 0.168 e. The van der Waals surface area contributed by atoms with E-state index in [1.165, 1.54) is 7.11 Å². The molecule has 0 unspecified atom stereocenters. The predicted molar refractivity (Wildman–Crippen MR) is 53.8 cm³/mol. The molecule has 74 valence electrons. The van der Waals surface area contributed by atoms with Crippen LogP contribution in [0.25, 0.3) is 0 Å². The monoisotopic (exact) mass is 192 g/mol. The van der Waals surface area contributed by atoms with Gasteiger partial charge in [-0.3, -0.25) is 4.79 Å². The van der Waals surface area contributed by atoms with E-state index in [1.54, 1.807) is 30.5 Å². The second kappa shape index (κ2) is 5.07. The number of allylic oxidation sites excluding steroid dienone is 1. The Kier molecular flexibility index (Phi) is 3.73. The number of hydrogen-bond acceptors (Lipinski definition) is 3. The van der Waals surface area contributed by atoms with E-state index in [0.29, 0.717) is 17.1 Å². The van der Waals surface area contributed by atoms with Crippen LogP contribution in [0.1, 0.15) is 17.3 Å². The Labute approximate surface area is 83.0 Å². The first-order valence-electron chi connectivity index (χ1n) is 4.23. The molecule has 0 aliphatic heterocycles. The van der Waals surface area contributed by atoms with E-state index >= 15 is 0 Å². The Morgan fingerprint density at radius 2 is 2.07 bits per heavy atom. The van der Waals surface area contributed by atoms with Crippen molar-refractivity contribution >= 4 is 6.29 Å². The van der Waals surface area contributed by atoms with Crippen molar-refractivity contribution in [3.8, 4) is 11.5 Å². The average molecular weight is 192 g/mol.